The van der Waals surface area contributed by atoms with Gasteiger partial charge < -0.3 is 0 Å². The molecular weight excluding hydrogens is 226 g/mol. The Bertz CT molecular complexity index is 305. The Balaban J connectivity index is 3.20. The topological polar surface area (TPSA) is 0 Å². The standard InChI is InChI=1S/C10H9Cl3/c1-2-8-5-3-4-6-9(8)10(12,13)7-11/h2-6H,1,7H2. The molecule has 0 aliphatic heterocycles. The SMILES string of the molecule is C=Cc1ccccc1C(Cl)(Cl)CCl. The summed E-state index contributed by atoms with van der Waals surface area (Å²) in [6.45, 7) is 3.68. The van der Waals surface area contributed by atoms with Gasteiger partial charge in [0.1, 0.15) is 0 Å². The van der Waals surface area contributed by atoms with Crippen molar-refractivity contribution >= 4 is 40.9 Å². The maximum absolute atomic E-state index is 6.02. The molecule has 0 heterocycles. The van der Waals surface area contributed by atoms with Crippen LogP contribution in [0, 0.1) is 0 Å². The fourth-order valence-corrected chi connectivity index (χ4v) is 1.57. The molecule has 0 saturated heterocycles. The van der Waals surface area contributed by atoms with Gasteiger partial charge in [-0.25, -0.2) is 0 Å². The number of benzene rings is 1. The summed E-state index contributed by atoms with van der Waals surface area (Å²) in [7, 11) is 0. The molecule has 70 valence electrons. The Morgan fingerprint density at radius 2 is 1.92 bits per heavy atom. The smallest absolute Gasteiger partial charge is 0.123 e. The minimum atomic E-state index is -1.04. The number of hydrogen-bond donors (Lipinski definition) is 0. The van der Waals surface area contributed by atoms with Gasteiger partial charge in [-0.05, 0) is 11.1 Å². The second-order valence-corrected chi connectivity index (χ2v) is 4.38. The van der Waals surface area contributed by atoms with Gasteiger partial charge in [-0.15, -0.1) is 11.6 Å². The molecule has 3 heteroatoms. The van der Waals surface area contributed by atoms with E-state index in [9.17, 15) is 0 Å². The molecule has 0 aliphatic rings. The molecular formula is C10H9Cl3. The summed E-state index contributed by atoms with van der Waals surface area (Å²) < 4.78 is -1.04. The average Bonchev–Trinajstić information content (AvgIpc) is 2.18. The minimum absolute atomic E-state index is 0.154. The van der Waals surface area contributed by atoms with Crippen LogP contribution in [0.4, 0.5) is 0 Å². The van der Waals surface area contributed by atoms with Crippen LogP contribution in [0.2, 0.25) is 0 Å². The number of halogens is 3. The third-order valence-corrected chi connectivity index (χ3v) is 3.09. The van der Waals surface area contributed by atoms with Gasteiger partial charge in [0.05, 0.1) is 5.88 Å². The first-order valence-electron chi connectivity index (χ1n) is 3.77. The summed E-state index contributed by atoms with van der Waals surface area (Å²) in [5, 5.41) is 0. The Morgan fingerprint density at radius 3 is 2.46 bits per heavy atom. The molecule has 0 bridgehead atoms. The summed E-state index contributed by atoms with van der Waals surface area (Å²) in [6.07, 6.45) is 1.71. The van der Waals surface area contributed by atoms with E-state index in [1.807, 2.05) is 24.3 Å². The molecule has 1 rings (SSSR count). The van der Waals surface area contributed by atoms with Crippen molar-refractivity contribution in [2.24, 2.45) is 0 Å². The van der Waals surface area contributed by atoms with Crippen LogP contribution in [0.25, 0.3) is 6.08 Å². The van der Waals surface area contributed by atoms with E-state index in [1.165, 1.54) is 0 Å². The molecule has 1 aromatic carbocycles. The minimum Gasteiger partial charge on any atom is -0.123 e. The van der Waals surface area contributed by atoms with Crippen molar-refractivity contribution in [2.45, 2.75) is 4.33 Å². The van der Waals surface area contributed by atoms with Crippen molar-refractivity contribution in [1.82, 2.24) is 0 Å². The molecule has 0 N–H and O–H groups in total. The van der Waals surface area contributed by atoms with Crippen molar-refractivity contribution in [1.29, 1.82) is 0 Å². The summed E-state index contributed by atoms with van der Waals surface area (Å²) in [5.41, 5.74) is 1.71. The van der Waals surface area contributed by atoms with Gasteiger partial charge in [0.2, 0.25) is 0 Å². The van der Waals surface area contributed by atoms with Crippen LogP contribution in [-0.4, -0.2) is 5.88 Å². The summed E-state index contributed by atoms with van der Waals surface area (Å²) in [5.74, 6) is 0.154. The van der Waals surface area contributed by atoms with E-state index in [1.54, 1.807) is 6.08 Å². The van der Waals surface area contributed by atoms with Gasteiger partial charge in [0.25, 0.3) is 0 Å². The first-order chi connectivity index (χ1) is 6.11. The summed E-state index contributed by atoms with van der Waals surface area (Å²) in [6, 6.07) is 7.51. The molecule has 13 heavy (non-hydrogen) atoms. The number of hydrogen-bond acceptors (Lipinski definition) is 0. The lowest BCUT2D eigenvalue weighted by Crippen LogP contribution is -2.13. The van der Waals surface area contributed by atoms with E-state index >= 15 is 0 Å². The highest BCUT2D eigenvalue weighted by Gasteiger charge is 2.26. The zero-order valence-corrected chi connectivity index (χ0v) is 9.20. The van der Waals surface area contributed by atoms with Crippen molar-refractivity contribution in [3.8, 4) is 0 Å². The summed E-state index contributed by atoms with van der Waals surface area (Å²) in [4.78, 5) is 0. The number of alkyl halides is 3. The molecule has 0 unspecified atom stereocenters. The Labute approximate surface area is 93.1 Å². The van der Waals surface area contributed by atoms with Crippen LogP contribution in [-0.2, 0) is 4.33 Å². The van der Waals surface area contributed by atoms with E-state index in [4.69, 9.17) is 34.8 Å². The van der Waals surface area contributed by atoms with Gasteiger partial charge in [0, 0.05) is 0 Å². The average molecular weight is 236 g/mol. The lowest BCUT2D eigenvalue weighted by molar-refractivity contribution is 0.982. The maximum Gasteiger partial charge on any atom is 0.157 e. The third kappa shape index (κ3) is 2.40. The third-order valence-electron chi connectivity index (χ3n) is 1.74. The highest BCUT2D eigenvalue weighted by molar-refractivity contribution is 6.51. The second kappa shape index (κ2) is 4.36. The van der Waals surface area contributed by atoms with Crippen LogP contribution in [0.15, 0.2) is 30.8 Å². The molecule has 0 spiro atoms. The van der Waals surface area contributed by atoms with E-state index in [2.05, 4.69) is 6.58 Å². The van der Waals surface area contributed by atoms with Crippen LogP contribution < -0.4 is 0 Å². The second-order valence-electron chi connectivity index (χ2n) is 2.63. The zero-order valence-electron chi connectivity index (χ0n) is 6.93. The molecule has 0 aromatic heterocycles. The molecule has 0 aliphatic carbocycles. The lowest BCUT2D eigenvalue weighted by atomic mass is 10.1. The Hall–Kier alpha value is -0.170. The largest absolute Gasteiger partial charge is 0.157 e. The van der Waals surface area contributed by atoms with E-state index in [-0.39, 0.29) is 5.88 Å². The van der Waals surface area contributed by atoms with Gasteiger partial charge >= 0.3 is 0 Å². The maximum atomic E-state index is 6.02. The van der Waals surface area contributed by atoms with Gasteiger partial charge in [-0.3, -0.25) is 0 Å². The molecule has 0 radical (unpaired) electrons. The van der Waals surface area contributed by atoms with Gasteiger partial charge in [-0.2, -0.15) is 0 Å². The van der Waals surface area contributed by atoms with Crippen LogP contribution >= 0.6 is 34.8 Å². The van der Waals surface area contributed by atoms with Crippen LogP contribution in [0.1, 0.15) is 11.1 Å². The fraction of sp³-hybridized carbons (Fsp3) is 0.200. The first kappa shape index (κ1) is 10.9. The predicted molar refractivity (Wildman–Crippen MR) is 60.6 cm³/mol. The van der Waals surface area contributed by atoms with Crippen LogP contribution in [0.5, 0.6) is 0 Å². The molecule has 0 atom stereocenters. The predicted octanol–water partition coefficient (Wildman–Crippen LogP) is 4.20. The van der Waals surface area contributed by atoms with E-state index in [0.29, 0.717) is 0 Å². The quantitative estimate of drug-likeness (QED) is 0.689. The van der Waals surface area contributed by atoms with Crippen molar-refractivity contribution in [3.05, 3.63) is 42.0 Å². The lowest BCUT2D eigenvalue weighted by Gasteiger charge is -2.18. The molecule has 1 aromatic rings. The zero-order chi connectivity index (χ0) is 9.90. The monoisotopic (exact) mass is 234 g/mol. The Morgan fingerprint density at radius 1 is 1.31 bits per heavy atom. The van der Waals surface area contributed by atoms with Crippen LogP contribution in [0.3, 0.4) is 0 Å². The molecule has 0 nitrogen and oxygen atoms in total. The highest BCUT2D eigenvalue weighted by Crippen LogP contribution is 2.37. The molecule has 0 fully saturated rings. The summed E-state index contributed by atoms with van der Waals surface area (Å²) >= 11 is 17.7. The fourth-order valence-electron chi connectivity index (χ4n) is 1.08. The normalized spacial score (nSPS) is 11.3. The highest BCUT2D eigenvalue weighted by atomic mass is 35.5. The van der Waals surface area contributed by atoms with Gasteiger partial charge in [0.15, 0.2) is 4.33 Å². The van der Waals surface area contributed by atoms with E-state index < -0.39 is 4.33 Å². The first-order valence-corrected chi connectivity index (χ1v) is 5.06. The van der Waals surface area contributed by atoms with Crippen molar-refractivity contribution in [2.75, 3.05) is 5.88 Å². The van der Waals surface area contributed by atoms with Crippen molar-refractivity contribution in [3.63, 3.8) is 0 Å². The molecule has 0 saturated carbocycles. The number of rotatable bonds is 3. The van der Waals surface area contributed by atoms with Gasteiger partial charge in [-0.1, -0.05) is 60.1 Å². The Kier molecular flexibility index (Phi) is 3.66. The van der Waals surface area contributed by atoms with Crippen molar-refractivity contribution < 1.29 is 0 Å². The molecule has 0 amide bonds. The van der Waals surface area contributed by atoms with E-state index in [0.717, 1.165) is 11.1 Å².